The second kappa shape index (κ2) is 5.48. The van der Waals surface area contributed by atoms with Gasteiger partial charge in [0.25, 0.3) is 0 Å². The lowest BCUT2D eigenvalue weighted by Crippen LogP contribution is -2.01. The van der Waals surface area contributed by atoms with E-state index in [2.05, 4.69) is 21.0 Å². The molecular weight excluding hydrogens is 322 g/mol. The molecular formula is C12H9BrF2N2O2. The lowest BCUT2D eigenvalue weighted by Gasteiger charge is -2.01. The quantitative estimate of drug-likeness (QED) is 0.937. The largest absolute Gasteiger partial charge is 0.481 e. The SMILES string of the molecule is O=C(O)CCc1nn(-c2ccc(F)c(F)c2)cc1Br. The van der Waals surface area contributed by atoms with Crippen LogP contribution < -0.4 is 0 Å². The molecule has 1 aromatic heterocycles. The zero-order chi connectivity index (χ0) is 14.0. The van der Waals surface area contributed by atoms with Gasteiger partial charge in [0, 0.05) is 18.7 Å². The summed E-state index contributed by atoms with van der Waals surface area (Å²) in [4.78, 5) is 10.5. The first-order valence-corrected chi connectivity index (χ1v) is 6.18. The summed E-state index contributed by atoms with van der Waals surface area (Å²) in [5.41, 5.74) is 0.910. The van der Waals surface area contributed by atoms with Gasteiger partial charge in [0.1, 0.15) is 0 Å². The standard InChI is InChI=1S/C12H9BrF2N2O2/c13-8-6-17(16-11(8)3-4-12(18)19)7-1-2-9(14)10(15)5-7/h1-2,5-6H,3-4H2,(H,18,19). The van der Waals surface area contributed by atoms with Crippen LogP contribution in [0.3, 0.4) is 0 Å². The molecule has 0 fully saturated rings. The van der Waals surface area contributed by atoms with Crippen LogP contribution in [0, 0.1) is 11.6 Å². The maximum absolute atomic E-state index is 13.1. The number of nitrogens with zero attached hydrogens (tertiary/aromatic N) is 2. The van der Waals surface area contributed by atoms with Crippen molar-refractivity contribution in [2.75, 3.05) is 0 Å². The monoisotopic (exact) mass is 330 g/mol. The summed E-state index contributed by atoms with van der Waals surface area (Å²) < 4.78 is 27.9. The van der Waals surface area contributed by atoms with Crippen molar-refractivity contribution in [3.63, 3.8) is 0 Å². The number of benzene rings is 1. The zero-order valence-corrected chi connectivity index (χ0v) is 11.2. The van der Waals surface area contributed by atoms with Crippen molar-refractivity contribution in [2.24, 2.45) is 0 Å². The lowest BCUT2D eigenvalue weighted by molar-refractivity contribution is -0.136. The van der Waals surface area contributed by atoms with Gasteiger partial charge in [0.05, 0.1) is 22.3 Å². The van der Waals surface area contributed by atoms with Crippen LogP contribution >= 0.6 is 15.9 Å². The Labute approximate surface area is 115 Å². The molecule has 100 valence electrons. The highest BCUT2D eigenvalue weighted by atomic mass is 79.9. The summed E-state index contributed by atoms with van der Waals surface area (Å²) in [6.07, 6.45) is 1.78. The fraction of sp³-hybridized carbons (Fsp3) is 0.167. The van der Waals surface area contributed by atoms with Gasteiger partial charge in [0.15, 0.2) is 11.6 Å². The fourth-order valence-electron chi connectivity index (χ4n) is 1.54. The number of aryl methyl sites for hydroxylation is 1. The number of carboxylic acid groups (broad SMARTS) is 1. The first kappa shape index (κ1) is 13.7. The highest BCUT2D eigenvalue weighted by molar-refractivity contribution is 9.10. The van der Waals surface area contributed by atoms with Crippen LogP contribution in [0.5, 0.6) is 0 Å². The van der Waals surface area contributed by atoms with E-state index < -0.39 is 17.6 Å². The Kier molecular flexibility index (Phi) is 3.94. The van der Waals surface area contributed by atoms with E-state index in [9.17, 15) is 13.6 Å². The zero-order valence-electron chi connectivity index (χ0n) is 9.61. The van der Waals surface area contributed by atoms with Crippen LogP contribution in [0.2, 0.25) is 0 Å². The average Bonchev–Trinajstić information content (AvgIpc) is 2.71. The van der Waals surface area contributed by atoms with Gasteiger partial charge < -0.3 is 5.11 Å². The number of aromatic nitrogens is 2. The van der Waals surface area contributed by atoms with E-state index in [1.165, 1.54) is 10.7 Å². The Morgan fingerprint density at radius 3 is 2.74 bits per heavy atom. The highest BCUT2D eigenvalue weighted by Crippen LogP contribution is 2.20. The third kappa shape index (κ3) is 3.17. The molecule has 0 aliphatic heterocycles. The summed E-state index contributed by atoms with van der Waals surface area (Å²) >= 11 is 3.25. The van der Waals surface area contributed by atoms with Gasteiger partial charge >= 0.3 is 5.97 Å². The lowest BCUT2D eigenvalue weighted by atomic mass is 10.2. The number of rotatable bonds is 4. The Morgan fingerprint density at radius 2 is 2.11 bits per heavy atom. The van der Waals surface area contributed by atoms with Gasteiger partial charge in [0.2, 0.25) is 0 Å². The van der Waals surface area contributed by atoms with Crippen molar-refractivity contribution in [1.82, 2.24) is 9.78 Å². The molecule has 0 aliphatic carbocycles. The molecule has 0 spiro atoms. The average molecular weight is 331 g/mol. The van der Waals surface area contributed by atoms with Gasteiger partial charge in [-0.2, -0.15) is 5.10 Å². The summed E-state index contributed by atoms with van der Waals surface area (Å²) in [5.74, 6) is -2.81. The van der Waals surface area contributed by atoms with E-state index in [1.54, 1.807) is 6.20 Å². The number of carboxylic acids is 1. The molecule has 0 atom stereocenters. The van der Waals surface area contributed by atoms with Crippen LogP contribution in [0.1, 0.15) is 12.1 Å². The molecule has 0 unspecified atom stereocenters. The van der Waals surface area contributed by atoms with Gasteiger partial charge in [-0.05, 0) is 28.1 Å². The van der Waals surface area contributed by atoms with Gasteiger partial charge in [-0.1, -0.05) is 0 Å². The van der Waals surface area contributed by atoms with Crippen molar-refractivity contribution < 1.29 is 18.7 Å². The summed E-state index contributed by atoms with van der Waals surface area (Å²) in [7, 11) is 0. The van der Waals surface area contributed by atoms with Crippen molar-refractivity contribution in [2.45, 2.75) is 12.8 Å². The molecule has 0 amide bonds. The second-order valence-electron chi connectivity index (χ2n) is 3.86. The Bertz CT molecular complexity index is 628. The van der Waals surface area contributed by atoms with Crippen molar-refractivity contribution in [1.29, 1.82) is 0 Å². The first-order valence-electron chi connectivity index (χ1n) is 5.38. The fourth-order valence-corrected chi connectivity index (χ4v) is 2.01. The number of halogens is 3. The molecule has 19 heavy (non-hydrogen) atoms. The van der Waals surface area contributed by atoms with Crippen LogP contribution in [-0.2, 0) is 11.2 Å². The topological polar surface area (TPSA) is 55.1 Å². The van der Waals surface area contributed by atoms with Crippen molar-refractivity contribution >= 4 is 21.9 Å². The normalized spacial score (nSPS) is 10.7. The third-order valence-electron chi connectivity index (χ3n) is 2.48. The van der Waals surface area contributed by atoms with Crippen LogP contribution in [-0.4, -0.2) is 20.9 Å². The summed E-state index contributed by atoms with van der Waals surface area (Å²) in [5, 5.41) is 12.8. The maximum atomic E-state index is 13.1. The molecule has 4 nitrogen and oxygen atoms in total. The second-order valence-corrected chi connectivity index (χ2v) is 4.71. The molecule has 0 saturated heterocycles. The Hall–Kier alpha value is -1.76. The maximum Gasteiger partial charge on any atom is 0.303 e. The molecule has 2 aromatic rings. The van der Waals surface area contributed by atoms with E-state index in [-0.39, 0.29) is 12.8 Å². The Balaban J connectivity index is 2.28. The molecule has 0 bridgehead atoms. The van der Waals surface area contributed by atoms with Gasteiger partial charge in [-0.15, -0.1) is 0 Å². The number of hydrogen-bond acceptors (Lipinski definition) is 2. The Morgan fingerprint density at radius 1 is 1.37 bits per heavy atom. The van der Waals surface area contributed by atoms with Crippen molar-refractivity contribution in [3.8, 4) is 5.69 Å². The smallest absolute Gasteiger partial charge is 0.303 e. The minimum atomic E-state index is -0.962. The number of carbonyl (C=O) groups is 1. The molecule has 2 rings (SSSR count). The van der Waals surface area contributed by atoms with Gasteiger partial charge in [-0.25, -0.2) is 13.5 Å². The minimum absolute atomic E-state index is 0.0482. The van der Waals surface area contributed by atoms with Gasteiger partial charge in [-0.3, -0.25) is 4.79 Å². The molecule has 1 aromatic carbocycles. The van der Waals surface area contributed by atoms with Crippen molar-refractivity contribution in [3.05, 3.63) is 46.2 Å². The number of aliphatic carboxylic acids is 1. The molecule has 7 heteroatoms. The van der Waals surface area contributed by atoms with Crippen LogP contribution in [0.15, 0.2) is 28.9 Å². The minimum Gasteiger partial charge on any atom is -0.481 e. The molecule has 0 radical (unpaired) electrons. The molecule has 1 heterocycles. The summed E-state index contributed by atoms with van der Waals surface area (Å²) in [6.45, 7) is 0. The highest BCUT2D eigenvalue weighted by Gasteiger charge is 2.11. The van der Waals surface area contributed by atoms with E-state index in [0.29, 0.717) is 15.9 Å². The molecule has 1 N–H and O–H groups in total. The summed E-state index contributed by atoms with van der Waals surface area (Å²) in [6, 6.07) is 3.42. The van der Waals surface area contributed by atoms with E-state index in [1.807, 2.05) is 0 Å². The predicted octanol–water partition coefficient (Wildman–Crippen LogP) is 2.93. The van der Waals surface area contributed by atoms with E-state index in [0.717, 1.165) is 12.1 Å². The van der Waals surface area contributed by atoms with Crippen LogP contribution in [0.25, 0.3) is 5.69 Å². The van der Waals surface area contributed by atoms with Crippen LogP contribution in [0.4, 0.5) is 8.78 Å². The third-order valence-corrected chi connectivity index (χ3v) is 3.15. The van der Waals surface area contributed by atoms with E-state index in [4.69, 9.17) is 5.11 Å². The predicted molar refractivity (Wildman–Crippen MR) is 67.1 cm³/mol. The molecule has 0 saturated carbocycles. The van der Waals surface area contributed by atoms with E-state index >= 15 is 0 Å². The number of hydrogen-bond donors (Lipinski definition) is 1. The first-order chi connectivity index (χ1) is 8.97. The molecule has 0 aliphatic rings.